The molecule has 5 rings (SSSR count). The molecule has 1 aliphatic carbocycles. The molecule has 0 unspecified atom stereocenters. The van der Waals surface area contributed by atoms with E-state index in [0.717, 1.165) is 26.6 Å². The van der Waals surface area contributed by atoms with Gasteiger partial charge in [0.1, 0.15) is 11.6 Å². The molecule has 0 fully saturated rings. The number of aliphatic hydroxyl groups excluding tert-OH is 1. The van der Waals surface area contributed by atoms with Gasteiger partial charge < -0.3 is 15.2 Å². The van der Waals surface area contributed by atoms with Crippen molar-refractivity contribution in [2.24, 2.45) is 0 Å². The Morgan fingerprint density at radius 3 is 2.34 bits per heavy atom. The lowest BCUT2D eigenvalue weighted by atomic mass is 9.98. The zero-order chi connectivity index (χ0) is 24.2. The van der Waals surface area contributed by atoms with Crippen LogP contribution in [0.4, 0.5) is 4.79 Å². The summed E-state index contributed by atoms with van der Waals surface area (Å²) in [4.78, 5) is 18.1. The molecule has 0 aliphatic heterocycles. The van der Waals surface area contributed by atoms with Crippen LogP contribution in [-0.2, 0) is 17.9 Å². The van der Waals surface area contributed by atoms with E-state index >= 15 is 0 Å². The average molecular weight is 483 g/mol. The summed E-state index contributed by atoms with van der Waals surface area (Å²) in [5, 5.41) is 13.3. The molecule has 4 aromatic rings. The summed E-state index contributed by atoms with van der Waals surface area (Å²) in [6.45, 7) is 2.57. The molecule has 5 nitrogen and oxygen atoms in total. The summed E-state index contributed by atoms with van der Waals surface area (Å²) in [5.74, 6) is 0.0271. The molecule has 35 heavy (non-hydrogen) atoms. The number of hydrogen-bond donors (Lipinski definition) is 2. The van der Waals surface area contributed by atoms with Crippen LogP contribution in [0, 0.1) is 6.92 Å². The maximum Gasteiger partial charge on any atom is 0.407 e. The first-order valence-electron chi connectivity index (χ1n) is 11.6. The van der Waals surface area contributed by atoms with E-state index in [-0.39, 0.29) is 19.1 Å². The van der Waals surface area contributed by atoms with Crippen LogP contribution in [0.1, 0.15) is 33.7 Å². The van der Waals surface area contributed by atoms with Crippen LogP contribution in [0.2, 0.25) is 0 Å². The van der Waals surface area contributed by atoms with Crippen molar-refractivity contribution < 1.29 is 14.6 Å². The normalized spacial score (nSPS) is 12.2. The minimum atomic E-state index is -0.446. The van der Waals surface area contributed by atoms with Crippen LogP contribution in [0.3, 0.4) is 0 Å². The Morgan fingerprint density at radius 1 is 0.943 bits per heavy atom. The summed E-state index contributed by atoms with van der Waals surface area (Å²) in [6.07, 6.45) is 1.27. The lowest BCUT2D eigenvalue weighted by molar-refractivity contribution is 0.142. The van der Waals surface area contributed by atoms with Gasteiger partial charge in [0.15, 0.2) is 0 Å². The third kappa shape index (κ3) is 4.81. The molecule has 1 amide bonds. The largest absolute Gasteiger partial charge is 0.449 e. The number of aliphatic hydroxyl groups is 1. The van der Waals surface area contributed by atoms with E-state index in [4.69, 9.17) is 4.74 Å². The van der Waals surface area contributed by atoms with E-state index in [1.165, 1.54) is 34.0 Å². The highest BCUT2D eigenvalue weighted by Crippen LogP contribution is 2.44. The lowest BCUT2D eigenvalue weighted by Gasteiger charge is -2.16. The standard InChI is InChI=1S/C29H26N2O3S/c1-19-8-6-9-20(27(19)35-28-21(17-32)10-7-15-30-28)16-31-29(33)34-18-26-24-13-4-2-11-22(24)23-12-3-5-14-25(23)26/h2-15,26,32H,16-18H2,1H3,(H,31,33). The number of amides is 1. The molecule has 3 aromatic carbocycles. The molecule has 2 N–H and O–H groups in total. The zero-order valence-electron chi connectivity index (χ0n) is 19.4. The third-order valence-electron chi connectivity index (χ3n) is 6.28. The molecule has 0 spiro atoms. The zero-order valence-corrected chi connectivity index (χ0v) is 20.2. The summed E-state index contributed by atoms with van der Waals surface area (Å²) in [6, 6.07) is 26.2. The molecule has 0 radical (unpaired) electrons. The van der Waals surface area contributed by atoms with Gasteiger partial charge in [0.05, 0.1) is 6.61 Å². The number of nitrogens with zero attached hydrogens (tertiary/aromatic N) is 1. The molecule has 0 saturated heterocycles. The number of pyridine rings is 1. The summed E-state index contributed by atoms with van der Waals surface area (Å²) in [5.41, 5.74) is 7.61. The number of ether oxygens (including phenoxy) is 1. The van der Waals surface area contributed by atoms with Gasteiger partial charge >= 0.3 is 6.09 Å². The van der Waals surface area contributed by atoms with Crippen molar-refractivity contribution >= 4 is 17.9 Å². The van der Waals surface area contributed by atoms with Crippen LogP contribution in [0.15, 0.2) is 95.0 Å². The van der Waals surface area contributed by atoms with Crippen molar-refractivity contribution in [3.63, 3.8) is 0 Å². The van der Waals surface area contributed by atoms with E-state index in [0.29, 0.717) is 6.54 Å². The van der Waals surface area contributed by atoms with E-state index in [9.17, 15) is 9.90 Å². The van der Waals surface area contributed by atoms with E-state index in [2.05, 4.69) is 34.6 Å². The number of rotatable bonds is 7. The second-order valence-electron chi connectivity index (χ2n) is 8.47. The molecule has 0 saturated carbocycles. The van der Waals surface area contributed by atoms with Crippen molar-refractivity contribution in [1.29, 1.82) is 0 Å². The molecular formula is C29H26N2O3S. The quantitative estimate of drug-likeness (QED) is 0.334. The molecular weight excluding hydrogens is 456 g/mol. The van der Waals surface area contributed by atoms with Gasteiger partial charge in [-0.1, -0.05) is 84.6 Å². The molecule has 6 heteroatoms. The number of fused-ring (bicyclic) bond motifs is 3. The predicted octanol–water partition coefficient (Wildman–Crippen LogP) is 6.07. The van der Waals surface area contributed by atoms with Gasteiger partial charge in [-0.25, -0.2) is 9.78 Å². The van der Waals surface area contributed by atoms with Gasteiger partial charge in [0.2, 0.25) is 0 Å². The maximum absolute atomic E-state index is 12.7. The van der Waals surface area contributed by atoms with Gasteiger partial charge in [-0.15, -0.1) is 0 Å². The minimum Gasteiger partial charge on any atom is -0.449 e. The lowest BCUT2D eigenvalue weighted by Crippen LogP contribution is -2.26. The maximum atomic E-state index is 12.7. The number of carbonyl (C=O) groups is 1. The number of aromatic nitrogens is 1. The number of aryl methyl sites for hydroxylation is 1. The van der Waals surface area contributed by atoms with Gasteiger partial charge in [-0.05, 0) is 46.4 Å². The van der Waals surface area contributed by atoms with Gasteiger partial charge in [0, 0.05) is 29.1 Å². The van der Waals surface area contributed by atoms with Gasteiger partial charge in [-0.3, -0.25) is 0 Å². The molecule has 1 aromatic heterocycles. The van der Waals surface area contributed by atoms with Gasteiger partial charge in [0.25, 0.3) is 0 Å². The summed E-state index contributed by atoms with van der Waals surface area (Å²) >= 11 is 1.50. The Morgan fingerprint density at radius 2 is 1.63 bits per heavy atom. The van der Waals surface area contributed by atoms with Crippen molar-refractivity contribution in [1.82, 2.24) is 10.3 Å². The number of nitrogens with one attached hydrogen (secondary N) is 1. The first kappa shape index (κ1) is 23.1. The van der Waals surface area contributed by atoms with Crippen LogP contribution in [-0.4, -0.2) is 22.8 Å². The first-order valence-corrected chi connectivity index (χ1v) is 12.4. The van der Waals surface area contributed by atoms with Crippen molar-refractivity contribution in [2.45, 2.75) is 35.9 Å². The van der Waals surface area contributed by atoms with Gasteiger partial charge in [-0.2, -0.15) is 0 Å². The molecule has 1 heterocycles. The van der Waals surface area contributed by atoms with E-state index in [1.807, 2.05) is 61.5 Å². The highest BCUT2D eigenvalue weighted by atomic mass is 32.2. The Balaban J connectivity index is 1.26. The minimum absolute atomic E-state index is 0.0271. The Kier molecular flexibility index (Phi) is 6.84. The number of carbonyl (C=O) groups excluding carboxylic acids is 1. The first-order chi connectivity index (χ1) is 17.2. The van der Waals surface area contributed by atoms with Crippen molar-refractivity contribution in [2.75, 3.05) is 6.61 Å². The number of hydrogen-bond acceptors (Lipinski definition) is 5. The molecule has 0 bridgehead atoms. The smallest absolute Gasteiger partial charge is 0.407 e. The predicted molar refractivity (Wildman–Crippen MR) is 137 cm³/mol. The molecule has 0 atom stereocenters. The van der Waals surface area contributed by atoms with E-state index < -0.39 is 6.09 Å². The fourth-order valence-electron chi connectivity index (χ4n) is 4.55. The van der Waals surface area contributed by atoms with Crippen LogP contribution < -0.4 is 5.32 Å². The Labute approximate surface area is 209 Å². The average Bonchev–Trinajstić information content (AvgIpc) is 3.21. The van der Waals surface area contributed by atoms with Crippen LogP contribution in [0.5, 0.6) is 0 Å². The topological polar surface area (TPSA) is 71.5 Å². The Hall–Kier alpha value is -3.61. The van der Waals surface area contributed by atoms with Crippen molar-refractivity contribution in [3.8, 4) is 11.1 Å². The molecule has 1 aliphatic rings. The SMILES string of the molecule is Cc1cccc(CNC(=O)OCC2c3ccccc3-c3ccccc32)c1Sc1ncccc1CO. The fourth-order valence-corrected chi connectivity index (χ4v) is 5.62. The summed E-state index contributed by atoms with van der Waals surface area (Å²) < 4.78 is 5.68. The van der Waals surface area contributed by atoms with E-state index in [1.54, 1.807) is 6.20 Å². The number of benzene rings is 3. The fraction of sp³-hybridized carbons (Fsp3) is 0.172. The highest BCUT2D eigenvalue weighted by Gasteiger charge is 2.29. The second kappa shape index (κ2) is 10.3. The second-order valence-corrected chi connectivity index (χ2v) is 9.47. The van der Waals surface area contributed by atoms with Crippen LogP contribution in [0.25, 0.3) is 11.1 Å². The third-order valence-corrected chi connectivity index (χ3v) is 7.63. The summed E-state index contributed by atoms with van der Waals surface area (Å²) in [7, 11) is 0. The monoisotopic (exact) mass is 482 g/mol. The Bertz CT molecular complexity index is 1330. The van der Waals surface area contributed by atoms with Crippen LogP contribution >= 0.6 is 11.8 Å². The van der Waals surface area contributed by atoms with Crippen molar-refractivity contribution in [3.05, 3.63) is 113 Å². The molecule has 176 valence electrons. The highest BCUT2D eigenvalue weighted by molar-refractivity contribution is 7.99. The number of alkyl carbamates (subject to hydrolysis) is 1.